The number of carbonyl (C=O) groups is 2. The van der Waals surface area contributed by atoms with Crippen molar-refractivity contribution in [3.8, 4) is 11.6 Å². The van der Waals surface area contributed by atoms with Crippen molar-refractivity contribution in [3.63, 3.8) is 0 Å². The molecule has 1 N–H and O–H groups in total. The zero-order valence-corrected chi connectivity index (χ0v) is 22.5. The molecule has 40 heavy (non-hydrogen) atoms. The number of nitrogens with zero attached hydrogens (tertiary/aromatic N) is 6. The first-order chi connectivity index (χ1) is 19.3. The fourth-order valence-electron chi connectivity index (χ4n) is 4.94. The lowest BCUT2D eigenvalue weighted by atomic mass is 10.1. The van der Waals surface area contributed by atoms with E-state index in [9.17, 15) is 19.5 Å². The molecule has 4 aromatic rings. The van der Waals surface area contributed by atoms with Gasteiger partial charge >= 0.3 is 5.97 Å². The normalized spacial score (nSPS) is 16.9. The molecule has 2 aliphatic rings. The van der Waals surface area contributed by atoms with Crippen LogP contribution in [0.25, 0.3) is 16.7 Å². The second-order valence-electron chi connectivity index (χ2n) is 9.47. The number of amides is 1. The van der Waals surface area contributed by atoms with Gasteiger partial charge in [0, 0.05) is 31.9 Å². The molecule has 6 heterocycles. The fourth-order valence-corrected chi connectivity index (χ4v) is 5.38. The Hall–Kier alpha value is -4.22. The third kappa shape index (κ3) is 4.61. The molecule has 0 bridgehead atoms. The zero-order valence-electron chi connectivity index (χ0n) is 21.0. The molecule has 0 aliphatic carbocycles. The van der Waals surface area contributed by atoms with Gasteiger partial charge in [0.15, 0.2) is 5.65 Å². The summed E-state index contributed by atoms with van der Waals surface area (Å²) in [7, 11) is 0. The average Bonchev–Trinajstić information content (AvgIpc) is 3.40. The molecule has 6 rings (SSSR count). The smallest absolute Gasteiger partial charge is 0.341 e. The molecule has 0 saturated carbocycles. The third-order valence-corrected chi connectivity index (χ3v) is 7.63. The summed E-state index contributed by atoms with van der Waals surface area (Å²) in [6.45, 7) is 1.53. The monoisotopic (exact) mass is 580 g/mol. The van der Waals surface area contributed by atoms with Gasteiger partial charge < -0.3 is 14.7 Å². The summed E-state index contributed by atoms with van der Waals surface area (Å²) in [6, 6.07) is 8.16. The zero-order chi connectivity index (χ0) is 28.0. The molecule has 0 radical (unpaired) electrons. The predicted molar refractivity (Wildman–Crippen MR) is 149 cm³/mol. The summed E-state index contributed by atoms with van der Waals surface area (Å²) in [6.07, 6.45) is 6.49. The van der Waals surface area contributed by atoms with E-state index >= 15 is 0 Å². The van der Waals surface area contributed by atoms with Crippen LogP contribution in [-0.4, -0.2) is 62.2 Å². The van der Waals surface area contributed by atoms with Crippen molar-refractivity contribution in [1.29, 1.82) is 0 Å². The van der Waals surface area contributed by atoms with E-state index in [-0.39, 0.29) is 34.6 Å². The Labute approximate surface area is 237 Å². The number of aromatic nitrogens is 4. The Morgan fingerprint density at radius 1 is 1.12 bits per heavy atom. The molecular weight excluding hydrogens is 559 g/mol. The largest absolute Gasteiger partial charge is 0.477 e. The number of rotatable bonds is 7. The van der Waals surface area contributed by atoms with E-state index in [0.29, 0.717) is 47.7 Å². The minimum absolute atomic E-state index is 0.0161. The summed E-state index contributed by atoms with van der Waals surface area (Å²) in [4.78, 5) is 53.8. The number of carboxylic acid groups (broad SMARTS) is 1. The molecule has 11 nitrogen and oxygen atoms in total. The first kappa shape index (κ1) is 26.0. The number of fused-ring (bicyclic) bond motifs is 1. The van der Waals surface area contributed by atoms with E-state index in [0.717, 1.165) is 12.8 Å². The van der Waals surface area contributed by atoms with E-state index < -0.39 is 17.0 Å². The van der Waals surface area contributed by atoms with Gasteiger partial charge in [0.1, 0.15) is 28.8 Å². The second kappa shape index (κ2) is 10.4. The van der Waals surface area contributed by atoms with Crippen molar-refractivity contribution >= 4 is 57.7 Å². The van der Waals surface area contributed by atoms with Crippen molar-refractivity contribution in [2.75, 3.05) is 29.5 Å². The third-order valence-electron chi connectivity index (χ3n) is 7.07. The fraction of sp³-hybridized carbons (Fsp3) is 0.259. The van der Waals surface area contributed by atoms with Gasteiger partial charge in [0.05, 0.1) is 28.3 Å². The first-order valence-corrected chi connectivity index (χ1v) is 13.3. The SMILES string of the molecule is O=C(O)c1cn(-c2ccc(N3CCC3=O)nc2)c2nc(N3CCC[C@@H]3COc3ncccc3Cl)c(Cl)cc2c1=O. The van der Waals surface area contributed by atoms with Crippen LogP contribution in [0.4, 0.5) is 11.6 Å². The maximum Gasteiger partial charge on any atom is 0.341 e. The van der Waals surface area contributed by atoms with Gasteiger partial charge in [-0.2, -0.15) is 0 Å². The summed E-state index contributed by atoms with van der Waals surface area (Å²) < 4.78 is 7.40. The lowest BCUT2D eigenvalue weighted by Gasteiger charge is -2.29. The predicted octanol–water partition coefficient (Wildman–Crippen LogP) is 3.97. The quantitative estimate of drug-likeness (QED) is 0.322. The van der Waals surface area contributed by atoms with Crippen LogP contribution in [0.2, 0.25) is 10.0 Å². The molecule has 0 spiro atoms. The van der Waals surface area contributed by atoms with Crippen LogP contribution in [-0.2, 0) is 4.79 Å². The van der Waals surface area contributed by atoms with E-state index in [1.165, 1.54) is 23.0 Å². The van der Waals surface area contributed by atoms with Gasteiger partial charge in [-0.3, -0.25) is 19.1 Å². The van der Waals surface area contributed by atoms with Crippen LogP contribution in [0.15, 0.2) is 53.7 Å². The molecule has 1 atom stereocenters. The van der Waals surface area contributed by atoms with Crippen LogP contribution < -0.4 is 20.0 Å². The number of ether oxygens (including phenoxy) is 1. The van der Waals surface area contributed by atoms with Crippen LogP contribution in [0, 0.1) is 0 Å². The highest BCUT2D eigenvalue weighted by Crippen LogP contribution is 2.33. The summed E-state index contributed by atoms with van der Waals surface area (Å²) in [5, 5.41) is 10.4. The number of hydrogen-bond donors (Lipinski definition) is 1. The minimum Gasteiger partial charge on any atom is -0.477 e. The Kier molecular flexibility index (Phi) is 6.77. The van der Waals surface area contributed by atoms with Crippen molar-refractivity contribution in [3.05, 3.63) is 74.8 Å². The van der Waals surface area contributed by atoms with E-state index in [4.69, 9.17) is 32.9 Å². The molecule has 2 aliphatic heterocycles. The first-order valence-electron chi connectivity index (χ1n) is 12.6. The highest BCUT2D eigenvalue weighted by molar-refractivity contribution is 6.33. The Morgan fingerprint density at radius 2 is 1.98 bits per heavy atom. The summed E-state index contributed by atoms with van der Waals surface area (Å²) in [5.41, 5.74) is -0.430. The second-order valence-corrected chi connectivity index (χ2v) is 10.3. The topological polar surface area (TPSA) is 131 Å². The number of carbonyl (C=O) groups excluding carboxylic acids is 1. The summed E-state index contributed by atoms with van der Waals surface area (Å²) >= 11 is 12.9. The number of anilines is 2. The van der Waals surface area contributed by atoms with Gasteiger partial charge in [-0.1, -0.05) is 23.2 Å². The number of β-lactam (4-membered cyclic amide) rings is 1. The highest BCUT2D eigenvalue weighted by atomic mass is 35.5. The maximum atomic E-state index is 13.1. The lowest BCUT2D eigenvalue weighted by molar-refractivity contribution is -0.122. The molecule has 4 aromatic heterocycles. The molecule has 0 unspecified atom stereocenters. The van der Waals surface area contributed by atoms with Crippen LogP contribution in [0.5, 0.6) is 5.88 Å². The molecule has 204 valence electrons. The summed E-state index contributed by atoms with van der Waals surface area (Å²) in [5.74, 6) is -0.119. The van der Waals surface area contributed by atoms with Crippen LogP contribution in [0.3, 0.4) is 0 Å². The Balaban J connectivity index is 1.41. The Bertz CT molecular complexity index is 1710. The van der Waals surface area contributed by atoms with Crippen LogP contribution in [0.1, 0.15) is 29.6 Å². The number of aromatic carboxylic acids is 1. The van der Waals surface area contributed by atoms with Gasteiger partial charge in [-0.05, 0) is 43.2 Å². The van der Waals surface area contributed by atoms with Crippen molar-refractivity contribution in [2.45, 2.75) is 25.3 Å². The van der Waals surface area contributed by atoms with Gasteiger partial charge in [0.2, 0.25) is 17.2 Å². The van der Waals surface area contributed by atoms with Gasteiger partial charge in [-0.15, -0.1) is 0 Å². The standard InChI is InChI=1S/C27H22Cl2N6O5/c28-19-4-1-8-30-26(19)40-14-16-3-2-9-33(16)25-20(29)11-17-23(37)18(27(38)39)13-35(24(17)32-25)15-5-6-21(31-12-15)34-10-7-22(34)36/h1,4-6,8,11-13,16H,2-3,7,9-10,14H2,(H,38,39)/t16-/m1/s1. The molecule has 0 aromatic carbocycles. The molecule has 1 amide bonds. The van der Waals surface area contributed by atoms with E-state index in [1.54, 1.807) is 35.4 Å². The molecule has 2 saturated heterocycles. The minimum atomic E-state index is -1.37. The van der Waals surface area contributed by atoms with Gasteiger partial charge in [-0.25, -0.2) is 19.7 Å². The number of carboxylic acids is 1. The molecule has 2 fully saturated rings. The highest BCUT2D eigenvalue weighted by Gasteiger charge is 2.30. The van der Waals surface area contributed by atoms with Crippen molar-refractivity contribution in [1.82, 2.24) is 19.5 Å². The number of pyridine rings is 4. The Morgan fingerprint density at radius 3 is 2.65 bits per heavy atom. The molecule has 13 heteroatoms. The van der Waals surface area contributed by atoms with Crippen LogP contribution >= 0.6 is 23.2 Å². The maximum absolute atomic E-state index is 13.1. The average molecular weight is 581 g/mol. The van der Waals surface area contributed by atoms with Crippen molar-refractivity contribution in [2.24, 2.45) is 0 Å². The van der Waals surface area contributed by atoms with Gasteiger partial charge in [0.25, 0.3) is 0 Å². The number of halogens is 2. The number of hydrogen-bond acceptors (Lipinski definition) is 8. The molecular formula is C27H22Cl2N6O5. The van der Waals surface area contributed by atoms with E-state index in [1.807, 2.05) is 4.90 Å². The van der Waals surface area contributed by atoms with E-state index in [2.05, 4.69) is 9.97 Å². The van der Waals surface area contributed by atoms with Crippen molar-refractivity contribution < 1.29 is 19.4 Å². The lowest BCUT2D eigenvalue weighted by Crippen LogP contribution is -2.43.